The predicted octanol–water partition coefficient (Wildman–Crippen LogP) is 3.97. The molecule has 0 fully saturated rings. The van der Waals surface area contributed by atoms with Crippen molar-refractivity contribution in [2.24, 2.45) is 4.99 Å². The van der Waals surface area contributed by atoms with Gasteiger partial charge in [-0.15, -0.1) is 24.0 Å². The van der Waals surface area contributed by atoms with Crippen molar-refractivity contribution in [3.8, 4) is 11.5 Å². The van der Waals surface area contributed by atoms with Crippen LogP contribution in [0.15, 0.2) is 53.5 Å². The molecule has 0 amide bonds. The van der Waals surface area contributed by atoms with Gasteiger partial charge in [0.1, 0.15) is 11.5 Å². The molecule has 2 rings (SSSR count). The molecule has 0 aliphatic rings. The number of guanidine groups is 1. The van der Waals surface area contributed by atoms with E-state index < -0.39 is 0 Å². The van der Waals surface area contributed by atoms with Gasteiger partial charge in [0.2, 0.25) is 0 Å². The van der Waals surface area contributed by atoms with Crippen molar-refractivity contribution in [1.82, 2.24) is 10.6 Å². The predicted molar refractivity (Wildman–Crippen MR) is 118 cm³/mol. The van der Waals surface area contributed by atoms with E-state index >= 15 is 0 Å². The first-order chi connectivity index (χ1) is 12.1. The van der Waals surface area contributed by atoms with E-state index in [4.69, 9.17) is 9.47 Å². The minimum absolute atomic E-state index is 0. The zero-order chi connectivity index (χ0) is 18.1. The highest BCUT2D eigenvalue weighted by molar-refractivity contribution is 14.0. The standard InChI is InChI=1S/C20H27N3O2.HI/c1-15(2)25-19-7-5-6-17(12-19)14-23-20(21-3)22-13-16-8-10-18(24-4)11-9-16;/h5-12,15H,13-14H2,1-4H3,(H2,21,22,23);1H. The van der Waals surface area contributed by atoms with E-state index in [-0.39, 0.29) is 30.1 Å². The summed E-state index contributed by atoms with van der Waals surface area (Å²) in [6.07, 6.45) is 0.169. The third-order valence-corrected chi connectivity index (χ3v) is 3.57. The summed E-state index contributed by atoms with van der Waals surface area (Å²) < 4.78 is 10.9. The Bertz CT molecular complexity index is 688. The molecule has 0 atom stereocenters. The lowest BCUT2D eigenvalue weighted by atomic mass is 10.2. The summed E-state index contributed by atoms with van der Waals surface area (Å²) in [5, 5.41) is 6.62. The average Bonchev–Trinajstić information content (AvgIpc) is 2.62. The van der Waals surface area contributed by atoms with Crippen molar-refractivity contribution in [2.75, 3.05) is 14.2 Å². The van der Waals surface area contributed by atoms with Crippen LogP contribution in [0.3, 0.4) is 0 Å². The third-order valence-electron chi connectivity index (χ3n) is 3.57. The fourth-order valence-electron chi connectivity index (χ4n) is 2.34. The Morgan fingerprint density at radius 1 is 0.962 bits per heavy atom. The molecule has 6 heteroatoms. The lowest BCUT2D eigenvalue weighted by Crippen LogP contribution is -2.36. The summed E-state index contributed by atoms with van der Waals surface area (Å²) in [5.74, 6) is 2.50. The van der Waals surface area contributed by atoms with Crippen LogP contribution in [-0.2, 0) is 13.1 Å². The molecule has 0 saturated heterocycles. The molecule has 0 radical (unpaired) electrons. The Morgan fingerprint density at radius 2 is 1.62 bits per heavy atom. The molecule has 142 valence electrons. The highest BCUT2D eigenvalue weighted by Gasteiger charge is 2.02. The van der Waals surface area contributed by atoms with Crippen molar-refractivity contribution in [3.05, 3.63) is 59.7 Å². The number of methoxy groups -OCH3 is 1. The first-order valence-corrected chi connectivity index (χ1v) is 8.43. The molecule has 0 aromatic heterocycles. The summed E-state index contributed by atoms with van der Waals surface area (Å²) in [6.45, 7) is 5.42. The highest BCUT2D eigenvalue weighted by Crippen LogP contribution is 2.15. The van der Waals surface area contributed by atoms with Crippen LogP contribution in [0.5, 0.6) is 11.5 Å². The number of nitrogens with one attached hydrogen (secondary N) is 2. The van der Waals surface area contributed by atoms with Crippen molar-refractivity contribution in [3.63, 3.8) is 0 Å². The number of halogens is 1. The number of ether oxygens (including phenoxy) is 2. The van der Waals surface area contributed by atoms with Crippen molar-refractivity contribution >= 4 is 29.9 Å². The zero-order valence-corrected chi connectivity index (χ0v) is 18.1. The van der Waals surface area contributed by atoms with Gasteiger partial charge in [0.25, 0.3) is 0 Å². The fraction of sp³-hybridized carbons (Fsp3) is 0.350. The van der Waals surface area contributed by atoms with Crippen LogP contribution in [0.2, 0.25) is 0 Å². The van der Waals surface area contributed by atoms with E-state index in [0.717, 1.165) is 28.6 Å². The zero-order valence-electron chi connectivity index (χ0n) is 15.8. The van der Waals surface area contributed by atoms with Crippen LogP contribution in [0.1, 0.15) is 25.0 Å². The summed E-state index contributed by atoms with van der Waals surface area (Å²) in [6, 6.07) is 16.1. The Kier molecular flexibility index (Phi) is 9.87. The van der Waals surface area contributed by atoms with Gasteiger partial charge in [-0.3, -0.25) is 4.99 Å². The minimum Gasteiger partial charge on any atom is -0.497 e. The molecule has 0 heterocycles. The van der Waals surface area contributed by atoms with Gasteiger partial charge in [-0.05, 0) is 49.2 Å². The molecular weight excluding hydrogens is 441 g/mol. The van der Waals surface area contributed by atoms with Crippen molar-refractivity contribution in [2.45, 2.75) is 33.0 Å². The van der Waals surface area contributed by atoms with Crippen molar-refractivity contribution in [1.29, 1.82) is 0 Å². The van der Waals surface area contributed by atoms with E-state index in [1.165, 1.54) is 0 Å². The molecule has 26 heavy (non-hydrogen) atoms. The number of nitrogens with zero attached hydrogens (tertiary/aromatic N) is 1. The third kappa shape index (κ3) is 7.51. The number of rotatable bonds is 7. The normalized spacial score (nSPS) is 10.9. The maximum atomic E-state index is 5.73. The van der Waals surface area contributed by atoms with E-state index in [2.05, 4.69) is 21.7 Å². The molecule has 0 aliphatic carbocycles. The van der Waals surface area contributed by atoms with Gasteiger partial charge in [0, 0.05) is 20.1 Å². The van der Waals surface area contributed by atoms with E-state index in [0.29, 0.717) is 13.1 Å². The Morgan fingerprint density at radius 3 is 2.19 bits per heavy atom. The molecule has 2 aromatic carbocycles. The fourth-order valence-corrected chi connectivity index (χ4v) is 2.34. The minimum atomic E-state index is 0. The Labute approximate surface area is 173 Å². The first kappa shape index (κ1) is 22.1. The van der Waals surface area contributed by atoms with Crippen LogP contribution in [0.25, 0.3) is 0 Å². The molecule has 2 N–H and O–H groups in total. The van der Waals surface area contributed by atoms with E-state index in [1.807, 2.05) is 56.3 Å². The monoisotopic (exact) mass is 469 g/mol. The van der Waals surface area contributed by atoms with Gasteiger partial charge >= 0.3 is 0 Å². The van der Waals surface area contributed by atoms with Crippen molar-refractivity contribution < 1.29 is 9.47 Å². The molecule has 0 spiro atoms. The van der Waals surface area contributed by atoms with Crippen LogP contribution in [0, 0.1) is 0 Å². The molecule has 0 bridgehead atoms. The van der Waals surface area contributed by atoms with Gasteiger partial charge < -0.3 is 20.1 Å². The second-order valence-electron chi connectivity index (χ2n) is 5.94. The summed E-state index contributed by atoms with van der Waals surface area (Å²) in [7, 11) is 3.43. The molecule has 0 saturated carbocycles. The molecule has 2 aromatic rings. The number of aliphatic imine (C=N–C) groups is 1. The second kappa shape index (κ2) is 11.6. The number of hydrogen-bond acceptors (Lipinski definition) is 3. The summed E-state index contributed by atoms with van der Waals surface area (Å²) >= 11 is 0. The van der Waals surface area contributed by atoms with Gasteiger partial charge in [0.05, 0.1) is 13.2 Å². The molecule has 5 nitrogen and oxygen atoms in total. The SMILES string of the molecule is CN=C(NCc1ccc(OC)cc1)NCc1cccc(OC(C)C)c1.I. The number of benzene rings is 2. The van der Waals surface area contributed by atoms with Gasteiger partial charge in [-0.25, -0.2) is 0 Å². The van der Waals surface area contributed by atoms with E-state index in [1.54, 1.807) is 14.2 Å². The van der Waals surface area contributed by atoms with Crippen LogP contribution in [0.4, 0.5) is 0 Å². The quantitative estimate of drug-likeness (QED) is 0.366. The van der Waals surface area contributed by atoms with Gasteiger partial charge in [-0.2, -0.15) is 0 Å². The summed E-state index contributed by atoms with van der Waals surface area (Å²) in [5.41, 5.74) is 2.31. The first-order valence-electron chi connectivity index (χ1n) is 8.43. The lowest BCUT2D eigenvalue weighted by Gasteiger charge is -2.14. The largest absolute Gasteiger partial charge is 0.497 e. The van der Waals surface area contributed by atoms with Gasteiger partial charge in [0.15, 0.2) is 5.96 Å². The number of hydrogen-bond donors (Lipinski definition) is 2. The Hall–Kier alpha value is -1.96. The molecule has 0 aliphatic heterocycles. The van der Waals surface area contributed by atoms with Gasteiger partial charge in [-0.1, -0.05) is 24.3 Å². The topological polar surface area (TPSA) is 54.9 Å². The van der Waals surface area contributed by atoms with Crippen LogP contribution in [-0.4, -0.2) is 26.2 Å². The highest BCUT2D eigenvalue weighted by atomic mass is 127. The van der Waals surface area contributed by atoms with E-state index in [9.17, 15) is 0 Å². The maximum absolute atomic E-state index is 5.73. The maximum Gasteiger partial charge on any atom is 0.191 e. The second-order valence-corrected chi connectivity index (χ2v) is 5.94. The van der Waals surface area contributed by atoms with Crippen LogP contribution >= 0.6 is 24.0 Å². The molecular formula is C20H28IN3O2. The smallest absolute Gasteiger partial charge is 0.191 e. The average molecular weight is 469 g/mol. The summed E-state index contributed by atoms with van der Waals surface area (Å²) in [4.78, 5) is 4.26. The Balaban J connectivity index is 0.00000338. The molecule has 0 unspecified atom stereocenters. The lowest BCUT2D eigenvalue weighted by molar-refractivity contribution is 0.242. The van der Waals surface area contributed by atoms with Crippen LogP contribution < -0.4 is 20.1 Å².